The summed E-state index contributed by atoms with van der Waals surface area (Å²) in [5.41, 5.74) is 6.80. The lowest BCUT2D eigenvalue weighted by Crippen LogP contribution is -2.01. The van der Waals surface area contributed by atoms with Gasteiger partial charge < -0.3 is 4.74 Å². The largest absolute Gasteiger partial charge is 0.490 e. The van der Waals surface area contributed by atoms with Crippen molar-refractivity contribution in [3.8, 4) is 39.1 Å². The van der Waals surface area contributed by atoms with E-state index in [1.165, 1.54) is 87.0 Å². The van der Waals surface area contributed by atoms with Crippen LogP contribution >= 0.6 is 0 Å². The molecule has 0 aliphatic carbocycles. The lowest BCUT2D eigenvalue weighted by Gasteiger charge is -2.11. The number of benzene rings is 4. The second-order valence-corrected chi connectivity index (χ2v) is 12.1. The van der Waals surface area contributed by atoms with Gasteiger partial charge in [0.2, 0.25) is 5.82 Å². The zero-order valence-corrected chi connectivity index (χ0v) is 26.9. The topological polar surface area (TPSA) is 9.23 Å². The van der Waals surface area contributed by atoms with E-state index in [1.54, 1.807) is 6.07 Å². The highest BCUT2D eigenvalue weighted by Gasteiger charge is 2.16. The molecule has 3 heteroatoms. The Kier molecular flexibility index (Phi) is 14.0. The monoisotopic (exact) mass is 596 g/mol. The van der Waals surface area contributed by atoms with Gasteiger partial charge in [0, 0.05) is 5.56 Å². The summed E-state index contributed by atoms with van der Waals surface area (Å²) in [6, 6.07) is 28.2. The van der Waals surface area contributed by atoms with Crippen molar-refractivity contribution in [1.29, 1.82) is 0 Å². The highest BCUT2D eigenvalue weighted by Crippen LogP contribution is 2.32. The van der Waals surface area contributed by atoms with E-state index in [1.807, 2.05) is 24.3 Å². The molecule has 1 nitrogen and oxygen atoms in total. The highest BCUT2D eigenvalue weighted by molar-refractivity contribution is 5.73. The molecule has 0 bridgehead atoms. The smallest absolute Gasteiger partial charge is 0.201 e. The molecule has 0 amide bonds. The fraction of sp³-hybridized carbons (Fsp3) is 0.415. The number of unbranched alkanes of at least 4 members (excludes halogenated alkanes) is 11. The van der Waals surface area contributed by atoms with Crippen LogP contribution in [0, 0.1) is 11.6 Å². The molecular formula is C41H50F2O. The van der Waals surface area contributed by atoms with Crippen molar-refractivity contribution in [2.45, 2.75) is 104 Å². The van der Waals surface area contributed by atoms with Crippen molar-refractivity contribution in [1.82, 2.24) is 0 Å². The summed E-state index contributed by atoms with van der Waals surface area (Å²) in [4.78, 5) is 0. The molecule has 44 heavy (non-hydrogen) atoms. The van der Waals surface area contributed by atoms with Gasteiger partial charge in [-0.3, -0.25) is 0 Å². The summed E-state index contributed by atoms with van der Waals surface area (Å²) < 4.78 is 35.0. The Balaban J connectivity index is 1.26. The van der Waals surface area contributed by atoms with Gasteiger partial charge in [-0.15, -0.1) is 0 Å². The van der Waals surface area contributed by atoms with Crippen molar-refractivity contribution >= 4 is 0 Å². The second-order valence-electron chi connectivity index (χ2n) is 12.1. The molecule has 0 aliphatic rings. The first-order valence-electron chi connectivity index (χ1n) is 17.0. The molecule has 4 rings (SSSR count). The molecule has 0 radical (unpaired) electrons. The summed E-state index contributed by atoms with van der Waals surface area (Å²) in [6.07, 6.45) is 17.7. The van der Waals surface area contributed by atoms with E-state index in [-0.39, 0.29) is 11.3 Å². The first-order valence-corrected chi connectivity index (χ1v) is 17.0. The Morgan fingerprint density at radius 2 is 0.864 bits per heavy atom. The highest BCUT2D eigenvalue weighted by atomic mass is 19.2. The maximum atomic E-state index is 14.9. The minimum Gasteiger partial charge on any atom is -0.490 e. The molecule has 0 aromatic heterocycles. The third-order valence-electron chi connectivity index (χ3n) is 8.57. The molecule has 0 saturated heterocycles. The third-order valence-corrected chi connectivity index (χ3v) is 8.57. The van der Waals surface area contributed by atoms with E-state index in [2.05, 4.69) is 62.4 Å². The normalized spacial score (nSPS) is 11.2. The number of aryl methyl sites for hydroxylation is 1. The maximum absolute atomic E-state index is 14.9. The summed E-state index contributed by atoms with van der Waals surface area (Å²) in [6.45, 7) is 4.76. The van der Waals surface area contributed by atoms with Gasteiger partial charge in [-0.25, -0.2) is 4.39 Å². The number of hydrogen-bond donors (Lipinski definition) is 0. The Hall–Kier alpha value is -3.46. The molecule has 4 aromatic rings. The molecule has 0 heterocycles. The van der Waals surface area contributed by atoms with Crippen molar-refractivity contribution in [3.63, 3.8) is 0 Å². The molecule has 0 aliphatic heterocycles. The van der Waals surface area contributed by atoms with E-state index < -0.39 is 11.6 Å². The standard InChI is InChI=1S/C41H50F2O/c1-3-5-7-8-9-10-11-12-13-14-16-32-17-19-33(20-18-32)34-21-23-35(24-22-34)36-25-27-37(28-26-36)38-29-30-39(41(43)40(38)42)44-31-15-6-4-2/h17-30H,3-16,31H2,1-2H3. The molecule has 0 saturated carbocycles. The van der Waals surface area contributed by atoms with Crippen LogP contribution in [-0.2, 0) is 6.42 Å². The molecule has 0 fully saturated rings. The quantitative estimate of drug-likeness (QED) is 0.0978. The Labute approximate surface area is 264 Å². The first kappa shape index (κ1) is 33.4. The van der Waals surface area contributed by atoms with Crippen molar-refractivity contribution < 1.29 is 13.5 Å². The molecular weight excluding hydrogens is 546 g/mol. The van der Waals surface area contributed by atoms with Gasteiger partial charge in [-0.1, -0.05) is 157 Å². The van der Waals surface area contributed by atoms with Crippen LogP contribution in [0.15, 0.2) is 84.9 Å². The van der Waals surface area contributed by atoms with Crippen LogP contribution in [0.1, 0.15) is 103 Å². The summed E-state index contributed by atoms with van der Waals surface area (Å²) in [7, 11) is 0. The first-order chi connectivity index (χ1) is 21.6. The molecule has 0 spiro atoms. The van der Waals surface area contributed by atoms with Crippen LogP contribution < -0.4 is 4.74 Å². The lowest BCUT2D eigenvalue weighted by molar-refractivity contribution is 0.286. The van der Waals surface area contributed by atoms with Gasteiger partial charge in [0.1, 0.15) is 0 Å². The Morgan fingerprint density at radius 1 is 0.432 bits per heavy atom. The fourth-order valence-electron chi connectivity index (χ4n) is 5.78. The lowest BCUT2D eigenvalue weighted by atomic mass is 9.97. The van der Waals surface area contributed by atoms with Gasteiger partial charge in [0.05, 0.1) is 6.61 Å². The summed E-state index contributed by atoms with van der Waals surface area (Å²) >= 11 is 0. The Bertz CT molecular complexity index is 1370. The number of halogens is 2. The van der Waals surface area contributed by atoms with E-state index >= 15 is 0 Å². The van der Waals surface area contributed by atoms with E-state index in [4.69, 9.17) is 4.74 Å². The van der Waals surface area contributed by atoms with Crippen LogP contribution in [0.2, 0.25) is 0 Å². The predicted octanol–water partition coefficient (Wildman–Crippen LogP) is 13.0. The van der Waals surface area contributed by atoms with Crippen LogP contribution in [-0.4, -0.2) is 6.61 Å². The fourth-order valence-corrected chi connectivity index (χ4v) is 5.78. The summed E-state index contributed by atoms with van der Waals surface area (Å²) in [5, 5.41) is 0. The predicted molar refractivity (Wildman–Crippen MR) is 183 cm³/mol. The van der Waals surface area contributed by atoms with Crippen molar-refractivity contribution in [2.75, 3.05) is 6.61 Å². The van der Waals surface area contributed by atoms with Crippen LogP contribution in [0.4, 0.5) is 8.78 Å². The average molecular weight is 597 g/mol. The van der Waals surface area contributed by atoms with Crippen LogP contribution in [0.3, 0.4) is 0 Å². The molecule has 0 atom stereocenters. The van der Waals surface area contributed by atoms with Gasteiger partial charge in [0.25, 0.3) is 0 Å². The summed E-state index contributed by atoms with van der Waals surface area (Å²) in [5.74, 6) is -1.82. The van der Waals surface area contributed by atoms with Crippen molar-refractivity contribution in [3.05, 3.63) is 102 Å². The van der Waals surface area contributed by atoms with E-state index in [0.717, 1.165) is 36.8 Å². The maximum Gasteiger partial charge on any atom is 0.201 e. The average Bonchev–Trinajstić information content (AvgIpc) is 3.06. The number of ether oxygens (including phenoxy) is 1. The van der Waals surface area contributed by atoms with Crippen LogP contribution in [0.5, 0.6) is 5.75 Å². The molecule has 0 unspecified atom stereocenters. The number of rotatable bonds is 19. The van der Waals surface area contributed by atoms with Gasteiger partial charge in [0.15, 0.2) is 11.6 Å². The molecule has 0 N–H and O–H groups in total. The SMILES string of the molecule is CCCCCCCCCCCCc1ccc(-c2ccc(-c3ccc(-c4ccc(OCCCCC)c(F)c4F)cc3)cc2)cc1. The van der Waals surface area contributed by atoms with Gasteiger partial charge >= 0.3 is 0 Å². The van der Waals surface area contributed by atoms with Gasteiger partial charge in [-0.2, -0.15) is 4.39 Å². The zero-order valence-electron chi connectivity index (χ0n) is 26.9. The van der Waals surface area contributed by atoms with Gasteiger partial charge in [-0.05, 0) is 64.8 Å². The van der Waals surface area contributed by atoms with E-state index in [9.17, 15) is 8.78 Å². The second kappa shape index (κ2) is 18.4. The van der Waals surface area contributed by atoms with E-state index in [0.29, 0.717) is 12.2 Å². The third kappa shape index (κ3) is 10.0. The minimum absolute atomic E-state index is 0.0252. The minimum atomic E-state index is -0.925. The Morgan fingerprint density at radius 3 is 1.39 bits per heavy atom. The van der Waals surface area contributed by atoms with Crippen molar-refractivity contribution in [2.24, 2.45) is 0 Å². The molecule has 4 aromatic carbocycles. The van der Waals surface area contributed by atoms with Crippen LogP contribution in [0.25, 0.3) is 33.4 Å². The molecule has 234 valence electrons. The number of hydrogen-bond acceptors (Lipinski definition) is 1. The zero-order chi connectivity index (χ0) is 31.0.